The molecule has 0 saturated carbocycles. The highest BCUT2D eigenvalue weighted by atomic mass is 32.2. The summed E-state index contributed by atoms with van der Waals surface area (Å²) in [4.78, 5) is 12.9. The van der Waals surface area contributed by atoms with Crippen molar-refractivity contribution in [2.24, 2.45) is 0 Å². The van der Waals surface area contributed by atoms with Gasteiger partial charge in [0.05, 0.1) is 9.82 Å². The van der Waals surface area contributed by atoms with E-state index in [1.54, 1.807) is 4.31 Å². The fourth-order valence-corrected chi connectivity index (χ4v) is 7.95. The predicted molar refractivity (Wildman–Crippen MR) is 146 cm³/mol. The lowest BCUT2D eigenvalue weighted by atomic mass is 9.71. The number of fused-ring (bicyclic) bond motifs is 3. The first-order valence-electron chi connectivity index (χ1n) is 12.5. The van der Waals surface area contributed by atoms with E-state index in [1.807, 2.05) is 48.5 Å². The van der Waals surface area contributed by atoms with Crippen molar-refractivity contribution in [3.8, 4) is 0 Å². The molecule has 0 radical (unpaired) electrons. The molecule has 0 spiro atoms. The van der Waals surface area contributed by atoms with Gasteiger partial charge in [0.15, 0.2) is 0 Å². The highest BCUT2D eigenvalue weighted by Gasteiger charge is 2.62. The zero-order chi connectivity index (χ0) is 26.5. The topological polar surface area (TPSA) is 83.8 Å². The van der Waals surface area contributed by atoms with Gasteiger partial charge in [-0.1, -0.05) is 85.8 Å². The van der Waals surface area contributed by atoms with Crippen molar-refractivity contribution in [2.75, 3.05) is 11.4 Å². The van der Waals surface area contributed by atoms with E-state index in [0.29, 0.717) is 13.1 Å². The second-order valence-electron chi connectivity index (χ2n) is 10.1. The molecule has 3 atom stereocenters. The van der Waals surface area contributed by atoms with Gasteiger partial charge in [-0.05, 0) is 34.9 Å². The van der Waals surface area contributed by atoms with E-state index in [0.717, 1.165) is 22.4 Å². The van der Waals surface area contributed by atoms with Gasteiger partial charge in [0, 0.05) is 42.2 Å². The van der Waals surface area contributed by atoms with Crippen molar-refractivity contribution in [1.29, 1.82) is 0 Å². The van der Waals surface area contributed by atoms with Gasteiger partial charge in [0.2, 0.25) is 10.0 Å². The van der Waals surface area contributed by atoms with Crippen LogP contribution < -0.4 is 4.90 Å². The van der Waals surface area contributed by atoms with Crippen molar-refractivity contribution in [3.05, 3.63) is 136 Å². The Balaban J connectivity index is 1.52. The number of nitrogens with zero attached hydrogens (tertiary/aromatic N) is 3. The second-order valence-corrected chi connectivity index (χ2v) is 12.0. The monoisotopic (exact) mass is 525 g/mol. The molecular weight excluding hydrogens is 498 g/mol. The summed E-state index contributed by atoms with van der Waals surface area (Å²) in [5, 5.41) is 11.2. The van der Waals surface area contributed by atoms with E-state index in [2.05, 4.69) is 48.2 Å². The molecule has 0 aliphatic carbocycles. The first-order chi connectivity index (χ1) is 18.3. The molecule has 0 bridgehead atoms. The van der Waals surface area contributed by atoms with E-state index in [1.165, 1.54) is 24.3 Å². The Morgan fingerprint density at radius 3 is 2.13 bits per heavy atom. The lowest BCUT2D eigenvalue weighted by Crippen LogP contribution is -2.51. The summed E-state index contributed by atoms with van der Waals surface area (Å²) in [6, 6.07) is 33.5. The van der Waals surface area contributed by atoms with Crippen LogP contribution in [-0.2, 0) is 22.0 Å². The van der Waals surface area contributed by atoms with Crippen molar-refractivity contribution in [1.82, 2.24) is 4.31 Å². The molecule has 2 heterocycles. The molecule has 0 aromatic heterocycles. The van der Waals surface area contributed by atoms with Gasteiger partial charge in [-0.2, -0.15) is 4.31 Å². The number of anilines is 1. The van der Waals surface area contributed by atoms with Gasteiger partial charge < -0.3 is 4.90 Å². The first kappa shape index (κ1) is 24.3. The third-order valence-electron chi connectivity index (χ3n) is 8.04. The largest absolute Gasteiger partial charge is 0.349 e. The minimum absolute atomic E-state index is 0.0507. The quantitative estimate of drug-likeness (QED) is 0.239. The number of nitro groups is 1. The van der Waals surface area contributed by atoms with E-state index in [-0.39, 0.29) is 16.5 Å². The lowest BCUT2D eigenvalue weighted by molar-refractivity contribution is -0.384. The molecular formula is C30H27N3O4S. The SMILES string of the molecule is C[C@]12c3ccccc3N(Cc3ccccc3)[C@H]1N(S(=O)(=O)c1ccc([N+](=O)[O-])cc1)C[C@H]2c1ccccc1. The highest BCUT2D eigenvalue weighted by Crippen LogP contribution is 2.59. The number of para-hydroxylation sites is 1. The minimum Gasteiger partial charge on any atom is -0.349 e. The van der Waals surface area contributed by atoms with Crippen LogP contribution in [-0.4, -0.2) is 30.4 Å². The van der Waals surface area contributed by atoms with Crippen LogP contribution >= 0.6 is 0 Å². The molecule has 2 aliphatic heterocycles. The molecule has 0 unspecified atom stereocenters. The van der Waals surface area contributed by atoms with Crippen LogP contribution in [0.25, 0.3) is 0 Å². The molecule has 0 N–H and O–H groups in total. The van der Waals surface area contributed by atoms with Gasteiger partial charge >= 0.3 is 0 Å². The molecule has 0 amide bonds. The minimum atomic E-state index is -3.99. The van der Waals surface area contributed by atoms with Gasteiger partial charge in [-0.15, -0.1) is 0 Å². The summed E-state index contributed by atoms with van der Waals surface area (Å²) < 4.78 is 30.1. The first-order valence-corrected chi connectivity index (χ1v) is 14.0. The Labute approximate surface area is 222 Å². The Kier molecular flexibility index (Phi) is 5.81. The molecule has 4 aromatic rings. The lowest BCUT2D eigenvalue weighted by Gasteiger charge is -2.37. The van der Waals surface area contributed by atoms with Gasteiger partial charge in [-0.25, -0.2) is 8.42 Å². The van der Waals surface area contributed by atoms with Crippen molar-refractivity contribution >= 4 is 21.4 Å². The van der Waals surface area contributed by atoms with Crippen LogP contribution in [0.15, 0.2) is 114 Å². The van der Waals surface area contributed by atoms with Gasteiger partial charge in [0.25, 0.3) is 5.69 Å². The van der Waals surface area contributed by atoms with Crippen molar-refractivity contribution in [3.63, 3.8) is 0 Å². The number of sulfonamides is 1. The normalized spacial score (nSPS) is 22.7. The summed E-state index contributed by atoms with van der Waals surface area (Å²) >= 11 is 0. The number of non-ortho nitro benzene ring substituents is 1. The number of hydrogen-bond acceptors (Lipinski definition) is 5. The zero-order valence-corrected chi connectivity index (χ0v) is 21.7. The molecule has 1 saturated heterocycles. The molecule has 1 fully saturated rings. The van der Waals surface area contributed by atoms with Crippen LogP contribution in [0.1, 0.15) is 29.5 Å². The van der Waals surface area contributed by atoms with E-state index < -0.39 is 26.5 Å². The third-order valence-corrected chi connectivity index (χ3v) is 9.87. The number of nitro benzene ring substituents is 1. The third kappa shape index (κ3) is 3.71. The van der Waals surface area contributed by atoms with Crippen LogP contribution in [0, 0.1) is 10.1 Å². The Hall–Kier alpha value is -4.01. The Bertz CT molecular complexity index is 1590. The van der Waals surface area contributed by atoms with Gasteiger partial charge in [0.1, 0.15) is 6.17 Å². The fourth-order valence-electron chi connectivity index (χ4n) is 6.26. The highest BCUT2D eigenvalue weighted by molar-refractivity contribution is 7.89. The number of hydrogen-bond donors (Lipinski definition) is 0. The maximum Gasteiger partial charge on any atom is 0.269 e. The number of benzene rings is 4. The maximum atomic E-state index is 14.3. The Morgan fingerprint density at radius 1 is 0.868 bits per heavy atom. The van der Waals surface area contributed by atoms with Crippen LogP contribution in [0.5, 0.6) is 0 Å². The molecule has 8 heteroatoms. The summed E-state index contributed by atoms with van der Waals surface area (Å²) in [5.41, 5.74) is 3.64. The molecule has 4 aromatic carbocycles. The van der Waals surface area contributed by atoms with E-state index >= 15 is 0 Å². The van der Waals surface area contributed by atoms with Crippen molar-refractivity contribution < 1.29 is 13.3 Å². The maximum absolute atomic E-state index is 14.3. The van der Waals surface area contributed by atoms with E-state index in [4.69, 9.17) is 0 Å². The smallest absolute Gasteiger partial charge is 0.269 e. The standard InChI is InChI=1S/C30H27N3O4S/c1-30-26-14-8-9-15-28(26)31(20-22-10-4-2-5-11-22)29(30)32(21-27(30)23-12-6-3-7-13-23)38(36,37)25-18-16-24(17-19-25)33(34)35/h2-19,27,29H,20-21H2,1H3/t27-,29-,30+/m0/s1. The summed E-state index contributed by atoms with van der Waals surface area (Å²) in [6.07, 6.45) is -0.481. The molecule has 2 aliphatic rings. The summed E-state index contributed by atoms with van der Waals surface area (Å²) in [6.45, 7) is 3.01. The van der Waals surface area contributed by atoms with Gasteiger partial charge in [-0.3, -0.25) is 10.1 Å². The van der Waals surface area contributed by atoms with Crippen LogP contribution in [0.4, 0.5) is 11.4 Å². The molecule has 7 nitrogen and oxygen atoms in total. The molecule has 6 rings (SSSR count). The van der Waals surface area contributed by atoms with Crippen LogP contribution in [0.2, 0.25) is 0 Å². The molecule has 38 heavy (non-hydrogen) atoms. The zero-order valence-electron chi connectivity index (χ0n) is 20.8. The average Bonchev–Trinajstić information content (AvgIpc) is 3.39. The second kappa shape index (κ2) is 9.08. The summed E-state index contributed by atoms with van der Waals surface area (Å²) in [5.74, 6) is -0.0940. The fraction of sp³-hybridized carbons (Fsp3) is 0.200. The van der Waals surface area contributed by atoms with E-state index in [9.17, 15) is 18.5 Å². The molecule has 192 valence electrons. The number of rotatable bonds is 6. The average molecular weight is 526 g/mol. The Morgan fingerprint density at radius 2 is 1.47 bits per heavy atom. The predicted octanol–water partition coefficient (Wildman–Crippen LogP) is 5.69. The van der Waals surface area contributed by atoms with Crippen molar-refractivity contribution in [2.45, 2.75) is 35.9 Å². The summed E-state index contributed by atoms with van der Waals surface area (Å²) in [7, 11) is -3.99. The van der Waals surface area contributed by atoms with Crippen LogP contribution in [0.3, 0.4) is 0 Å².